The average Bonchev–Trinajstić information content (AvgIpc) is 3.00. The minimum Gasteiger partial charge on any atom is -0.494 e. The van der Waals surface area contributed by atoms with Gasteiger partial charge < -0.3 is 20.3 Å². The lowest BCUT2D eigenvalue weighted by Gasteiger charge is -2.18. The lowest BCUT2D eigenvalue weighted by Crippen LogP contribution is -2.45. The Morgan fingerprint density at radius 3 is 2.67 bits per heavy atom. The largest absolute Gasteiger partial charge is 0.494 e. The number of carbonyl (C=O) groups excluding carboxylic acids is 1. The second-order valence-corrected chi connectivity index (χ2v) is 6.23. The maximum atomic E-state index is 11.8. The normalized spacial score (nSPS) is 11.3. The van der Waals surface area contributed by atoms with Crippen molar-refractivity contribution in [2.45, 2.75) is 39.2 Å². The van der Waals surface area contributed by atoms with E-state index in [0.29, 0.717) is 31.3 Å². The number of aromatic nitrogens is 2. The van der Waals surface area contributed by atoms with Gasteiger partial charge in [-0.2, -0.15) is 4.98 Å². The molecular formula is C17H24N4O3. The van der Waals surface area contributed by atoms with Crippen LogP contribution in [0.25, 0.3) is 11.4 Å². The standard InChI is InChI=1S/C17H24N4O3/c1-4-23-13-7-5-12(6-8-13)16-20-15(24-21-16)10-9-14(22)19-11-17(2,3)18/h5-8H,4,9-11,18H2,1-3H3,(H,19,22). The van der Waals surface area contributed by atoms with Crippen molar-refractivity contribution in [3.63, 3.8) is 0 Å². The van der Waals surface area contributed by atoms with Crippen molar-refractivity contribution in [2.75, 3.05) is 13.2 Å². The van der Waals surface area contributed by atoms with Crippen molar-refractivity contribution in [2.24, 2.45) is 5.73 Å². The molecule has 0 aliphatic heterocycles. The molecule has 0 spiro atoms. The number of hydrogen-bond acceptors (Lipinski definition) is 6. The number of benzene rings is 1. The van der Waals surface area contributed by atoms with Crippen LogP contribution in [0.1, 0.15) is 33.1 Å². The first-order chi connectivity index (χ1) is 11.4. The highest BCUT2D eigenvalue weighted by Gasteiger charge is 2.14. The first kappa shape index (κ1) is 17.9. The van der Waals surface area contributed by atoms with Gasteiger partial charge in [0.15, 0.2) is 0 Å². The van der Waals surface area contributed by atoms with Crippen LogP contribution in [0.15, 0.2) is 28.8 Å². The second-order valence-electron chi connectivity index (χ2n) is 6.23. The van der Waals surface area contributed by atoms with E-state index in [0.717, 1.165) is 11.3 Å². The highest BCUT2D eigenvalue weighted by Crippen LogP contribution is 2.20. The molecule has 1 amide bonds. The van der Waals surface area contributed by atoms with Gasteiger partial charge >= 0.3 is 0 Å². The van der Waals surface area contributed by atoms with Crippen molar-refractivity contribution in [1.82, 2.24) is 15.5 Å². The topological polar surface area (TPSA) is 103 Å². The highest BCUT2D eigenvalue weighted by molar-refractivity contribution is 5.76. The van der Waals surface area contributed by atoms with Gasteiger partial charge in [-0.1, -0.05) is 5.16 Å². The molecule has 130 valence electrons. The van der Waals surface area contributed by atoms with Crippen LogP contribution in [0.3, 0.4) is 0 Å². The van der Waals surface area contributed by atoms with Crippen LogP contribution in [0, 0.1) is 0 Å². The number of hydrogen-bond donors (Lipinski definition) is 2. The SMILES string of the molecule is CCOc1ccc(-c2noc(CCC(=O)NCC(C)(C)N)n2)cc1. The van der Waals surface area contributed by atoms with Crippen LogP contribution < -0.4 is 15.8 Å². The number of rotatable bonds is 8. The van der Waals surface area contributed by atoms with E-state index >= 15 is 0 Å². The van der Waals surface area contributed by atoms with Gasteiger partial charge in [-0.25, -0.2) is 0 Å². The van der Waals surface area contributed by atoms with Crippen LogP contribution in [0.2, 0.25) is 0 Å². The summed E-state index contributed by atoms with van der Waals surface area (Å²) in [7, 11) is 0. The fourth-order valence-electron chi connectivity index (χ4n) is 1.98. The molecule has 0 atom stereocenters. The smallest absolute Gasteiger partial charge is 0.227 e. The van der Waals surface area contributed by atoms with E-state index in [4.69, 9.17) is 15.0 Å². The van der Waals surface area contributed by atoms with Gasteiger partial charge in [0.25, 0.3) is 0 Å². The Labute approximate surface area is 141 Å². The zero-order chi connectivity index (χ0) is 17.6. The summed E-state index contributed by atoms with van der Waals surface area (Å²) in [6, 6.07) is 7.46. The molecule has 3 N–H and O–H groups in total. The minimum atomic E-state index is -0.430. The van der Waals surface area contributed by atoms with Gasteiger partial charge in [-0.05, 0) is 45.0 Å². The van der Waals surface area contributed by atoms with E-state index in [1.165, 1.54) is 0 Å². The molecule has 1 heterocycles. The Balaban J connectivity index is 1.87. The molecule has 0 aliphatic carbocycles. The quantitative estimate of drug-likeness (QED) is 0.765. The summed E-state index contributed by atoms with van der Waals surface area (Å²) in [5, 5.41) is 6.73. The summed E-state index contributed by atoms with van der Waals surface area (Å²) in [4.78, 5) is 16.1. The van der Waals surface area contributed by atoms with Crippen LogP contribution in [-0.4, -0.2) is 34.7 Å². The number of nitrogens with zero attached hydrogens (tertiary/aromatic N) is 2. The van der Waals surface area contributed by atoms with Crippen LogP contribution in [0.4, 0.5) is 0 Å². The zero-order valence-corrected chi connectivity index (χ0v) is 14.3. The van der Waals surface area contributed by atoms with Crippen molar-refractivity contribution in [1.29, 1.82) is 0 Å². The molecule has 2 aromatic rings. The molecule has 7 heteroatoms. The van der Waals surface area contributed by atoms with Crippen LogP contribution in [0.5, 0.6) is 5.75 Å². The van der Waals surface area contributed by atoms with E-state index in [-0.39, 0.29) is 12.3 Å². The first-order valence-electron chi connectivity index (χ1n) is 7.99. The monoisotopic (exact) mass is 332 g/mol. The molecule has 1 aromatic heterocycles. The summed E-state index contributed by atoms with van der Waals surface area (Å²) in [5.41, 5.74) is 6.23. The maximum Gasteiger partial charge on any atom is 0.227 e. The fraction of sp³-hybridized carbons (Fsp3) is 0.471. The predicted molar refractivity (Wildman–Crippen MR) is 90.5 cm³/mol. The Kier molecular flexibility index (Phi) is 5.92. The molecule has 7 nitrogen and oxygen atoms in total. The zero-order valence-electron chi connectivity index (χ0n) is 14.3. The molecule has 0 radical (unpaired) electrons. The lowest BCUT2D eigenvalue weighted by atomic mass is 10.1. The predicted octanol–water partition coefficient (Wildman–Crippen LogP) is 1.92. The van der Waals surface area contributed by atoms with Crippen molar-refractivity contribution in [3.05, 3.63) is 30.2 Å². The third-order valence-corrected chi connectivity index (χ3v) is 3.20. The highest BCUT2D eigenvalue weighted by atomic mass is 16.5. The molecule has 2 rings (SSSR count). The van der Waals surface area contributed by atoms with Gasteiger partial charge in [0, 0.05) is 30.5 Å². The third kappa shape index (κ3) is 5.66. The number of aryl methyl sites for hydroxylation is 1. The number of nitrogens with one attached hydrogen (secondary N) is 1. The molecule has 0 unspecified atom stereocenters. The first-order valence-corrected chi connectivity index (χ1v) is 7.99. The Bertz CT molecular complexity index is 659. The number of ether oxygens (including phenoxy) is 1. The van der Waals surface area contributed by atoms with E-state index in [9.17, 15) is 4.79 Å². The molecule has 0 aliphatic rings. The van der Waals surface area contributed by atoms with Crippen molar-refractivity contribution >= 4 is 5.91 Å². The molecule has 0 saturated heterocycles. The molecule has 24 heavy (non-hydrogen) atoms. The van der Waals surface area contributed by atoms with Gasteiger partial charge in [-0.15, -0.1) is 0 Å². The van der Waals surface area contributed by atoms with E-state index in [2.05, 4.69) is 15.5 Å². The maximum absolute atomic E-state index is 11.8. The van der Waals surface area contributed by atoms with Crippen molar-refractivity contribution < 1.29 is 14.1 Å². The summed E-state index contributed by atoms with van der Waals surface area (Å²) >= 11 is 0. The Morgan fingerprint density at radius 1 is 1.33 bits per heavy atom. The average molecular weight is 332 g/mol. The summed E-state index contributed by atoms with van der Waals surface area (Å²) in [6.07, 6.45) is 0.669. The van der Waals surface area contributed by atoms with E-state index < -0.39 is 5.54 Å². The number of carbonyl (C=O) groups is 1. The van der Waals surface area contributed by atoms with Crippen LogP contribution in [-0.2, 0) is 11.2 Å². The number of amides is 1. The Hall–Kier alpha value is -2.41. The third-order valence-electron chi connectivity index (χ3n) is 3.20. The Morgan fingerprint density at radius 2 is 2.04 bits per heavy atom. The van der Waals surface area contributed by atoms with E-state index in [1.54, 1.807) is 0 Å². The fourth-order valence-corrected chi connectivity index (χ4v) is 1.98. The van der Waals surface area contributed by atoms with Gasteiger partial charge in [0.05, 0.1) is 6.61 Å². The van der Waals surface area contributed by atoms with Gasteiger partial charge in [0.2, 0.25) is 17.6 Å². The summed E-state index contributed by atoms with van der Waals surface area (Å²) in [5.74, 6) is 1.64. The van der Waals surface area contributed by atoms with Crippen LogP contribution >= 0.6 is 0 Å². The molecular weight excluding hydrogens is 308 g/mol. The second kappa shape index (κ2) is 7.92. The molecule has 0 bridgehead atoms. The molecule has 0 fully saturated rings. The minimum absolute atomic E-state index is 0.0886. The lowest BCUT2D eigenvalue weighted by molar-refractivity contribution is -0.121. The number of nitrogens with two attached hydrogens (primary N) is 1. The van der Waals surface area contributed by atoms with E-state index in [1.807, 2.05) is 45.0 Å². The van der Waals surface area contributed by atoms with Gasteiger partial charge in [-0.3, -0.25) is 4.79 Å². The van der Waals surface area contributed by atoms with Gasteiger partial charge in [0.1, 0.15) is 5.75 Å². The summed E-state index contributed by atoms with van der Waals surface area (Å²) < 4.78 is 10.6. The molecule has 0 saturated carbocycles. The van der Waals surface area contributed by atoms with Crippen molar-refractivity contribution in [3.8, 4) is 17.1 Å². The summed E-state index contributed by atoms with van der Waals surface area (Å²) in [6.45, 7) is 6.69. The molecule has 1 aromatic carbocycles.